The van der Waals surface area contributed by atoms with Crippen LogP contribution in [-0.2, 0) is 0 Å². The molecule has 0 aliphatic rings. The zero-order valence-electron chi connectivity index (χ0n) is 21.4. The van der Waals surface area contributed by atoms with Gasteiger partial charge in [0.25, 0.3) is 0 Å². The van der Waals surface area contributed by atoms with Crippen molar-refractivity contribution in [2.45, 2.75) is 0 Å². The Bertz CT molecular complexity index is 2300. The molecule has 0 fully saturated rings. The summed E-state index contributed by atoms with van der Waals surface area (Å²) in [6.45, 7) is 0. The standard InChI is InChI=1S/C37H21NOS/c38-22-23-7-5-8-24(17-23)26-18-27(25-15-16-35-33(21-25)30-9-1-3-13-34(30)39-35)20-28(19-26)29-11-6-12-32-31-10-2-4-14-36(31)40-37(29)32/h1-21H. The third-order valence-corrected chi connectivity index (χ3v) is 8.90. The first kappa shape index (κ1) is 22.8. The van der Waals surface area contributed by atoms with Crippen molar-refractivity contribution < 1.29 is 4.42 Å². The first-order valence-corrected chi connectivity index (χ1v) is 14.0. The number of rotatable bonds is 3. The molecule has 0 bridgehead atoms. The Labute approximate surface area is 235 Å². The van der Waals surface area contributed by atoms with Crippen LogP contribution in [-0.4, -0.2) is 0 Å². The van der Waals surface area contributed by atoms with Crippen molar-refractivity contribution in [3.05, 3.63) is 133 Å². The van der Waals surface area contributed by atoms with Crippen LogP contribution in [0.1, 0.15) is 5.56 Å². The summed E-state index contributed by atoms with van der Waals surface area (Å²) in [4.78, 5) is 0. The molecule has 3 heteroatoms. The normalized spacial score (nSPS) is 11.5. The molecule has 0 saturated carbocycles. The van der Waals surface area contributed by atoms with Crippen molar-refractivity contribution in [1.29, 1.82) is 5.26 Å². The lowest BCUT2D eigenvalue weighted by molar-refractivity contribution is 0.669. The monoisotopic (exact) mass is 527 g/mol. The Morgan fingerprint density at radius 2 is 1.20 bits per heavy atom. The Morgan fingerprint density at radius 3 is 2.08 bits per heavy atom. The van der Waals surface area contributed by atoms with Crippen LogP contribution in [0.2, 0.25) is 0 Å². The summed E-state index contributed by atoms with van der Waals surface area (Å²) in [7, 11) is 0. The molecule has 0 saturated heterocycles. The molecular formula is C37H21NOS. The molecule has 6 aromatic carbocycles. The highest BCUT2D eigenvalue weighted by Crippen LogP contribution is 2.42. The molecular weight excluding hydrogens is 506 g/mol. The minimum Gasteiger partial charge on any atom is -0.456 e. The fraction of sp³-hybridized carbons (Fsp3) is 0. The van der Waals surface area contributed by atoms with Crippen molar-refractivity contribution >= 4 is 53.4 Å². The predicted octanol–water partition coefficient (Wildman–Crippen LogP) is 10.8. The summed E-state index contributed by atoms with van der Waals surface area (Å²) in [6, 6.07) is 46.8. The molecule has 0 aliphatic heterocycles. The van der Waals surface area contributed by atoms with E-state index < -0.39 is 0 Å². The van der Waals surface area contributed by atoms with Gasteiger partial charge < -0.3 is 4.42 Å². The third-order valence-electron chi connectivity index (χ3n) is 7.68. The van der Waals surface area contributed by atoms with E-state index in [0.717, 1.165) is 49.8 Å². The van der Waals surface area contributed by atoms with Crippen molar-refractivity contribution in [1.82, 2.24) is 0 Å². The third kappa shape index (κ3) is 3.62. The minimum atomic E-state index is 0.655. The second-order valence-electron chi connectivity index (χ2n) is 10.1. The van der Waals surface area contributed by atoms with Crippen LogP contribution in [0.25, 0.3) is 75.5 Å². The van der Waals surface area contributed by atoms with Crippen molar-refractivity contribution in [2.75, 3.05) is 0 Å². The molecule has 2 heterocycles. The minimum absolute atomic E-state index is 0.655. The smallest absolute Gasteiger partial charge is 0.135 e. The predicted molar refractivity (Wildman–Crippen MR) is 168 cm³/mol. The maximum atomic E-state index is 9.57. The van der Waals surface area contributed by atoms with Gasteiger partial charge in [0, 0.05) is 30.9 Å². The first-order chi connectivity index (χ1) is 19.7. The second-order valence-corrected chi connectivity index (χ2v) is 11.1. The molecule has 0 spiro atoms. The van der Waals surface area contributed by atoms with Crippen LogP contribution in [0.3, 0.4) is 0 Å². The quantitative estimate of drug-likeness (QED) is 0.229. The average molecular weight is 528 g/mol. The zero-order chi connectivity index (χ0) is 26.6. The molecule has 0 N–H and O–H groups in total. The van der Waals surface area contributed by atoms with Gasteiger partial charge in [-0.25, -0.2) is 0 Å². The topological polar surface area (TPSA) is 36.9 Å². The lowest BCUT2D eigenvalue weighted by Gasteiger charge is -2.12. The van der Waals surface area contributed by atoms with Gasteiger partial charge in [0.2, 0.25) is 0 Å². The molecule has 8 aromatic rings. The van der Waals surface area contributed by atoms with Crippen LogP contribution in [0, 0.1) is 11.3 Å². The highest BCUT2D eigenvalue weighted by Gasteiger charge is 2.14. The van der Waals surface area contributed by atoms with E-state index in [1.807, 2.05) is 41.7 Å². The number of fused-ring (bicyclic) bond motifs is 6. The number of thiophene rings is 1. The van der Waals surface area contributed by atoms with Crippen LogP contribution in [0.15, 0.2) is 132 Å². The Kier molecular flexibility index (Phi) is 5.10. The van der Waals surface area contributed by atoms with E-state index in [1.54, 1.807) is 0 Å². The van der Waals surface area contributed by atoms with Gasteiger partial charge in [0.15, 0.2) is 0 Å². The molecule has 40 heavy (non-hydrogen) atoms. The van der Waals surface area contributed by atoms with E-state index in [9.17, 15) is 5.26 Å². The van der Waals surface area contributed by atoms with Crippen LogP contribution < -0.4 is 0 Å². The maximum Gasteiger partial charge on any atom is 0.135 e. The summed E-state index contributed by atoms with van der Waals surface area (Å²) in [5.41, 5.74) is 9.18. The number of nitriles is 1. The van der Waals surface area contributed by atoms with E-state index in [1.165, 1.54) is 25.7 Å². The van der Waals surface area contributed by atoms with E-state index in [4.69, 9.17) is 4.42 Å². The number of para-hydroxylation sites is 1. The van der Waals surface area contributed by atoms with Gasteiger partial charge in [0.1, 0.15) is 11.2 Å². The van der Waals surface area contributed by atoms with E-state index >= 15 is 0 Å². The number of nitrogens with zero attached hydrogens (tertiary/aromatic N) is 1. The van der Waals surface area contributed by atoms with E-state index in [-0.39, 0.29) is 0 Å². The highest BCUT2D eigenvalue weighted by atomic mass is 32.1. The number of furan rings is 1. The summed E-state index contributed by atoms with van der Waals surface area (Å²) in [5.74, 6) is 0. The van der Waals surface area contributed by atoms with Gasteiger partial charge in [0.05, 0.1) is 11.6 Å². The maximum absolute atomic E-state index is 9.57. The summed E-state index contributed by atoms with van der Waals surface area (Å²) in [5, 5.41) is 14.4. The van der Waals surface area contributed by atoms with Gasteiger partial charge in [-0.1, -0.05) is 72.8 Å². The number of hydrogen-bond acceptors (Lipinski definition) is 3. The average Bonchev–Trinajstić information content (AvgIpc) is 3.59. The molecule has 8 rings (SSSR count). The van der Waals surface area contributed by atoms with E-state index in [0.29, 0.717) is 5.56 Å². The van der Waals surface area contributed by atoms with Crippen LogP contribution >= 0.6 is 11.3 Å². The van der Waals surface area contributed by atoms with E-state index in [2.05, 4.69) is 103 Å². The Balaban J connectivity index is 1.39. The Morgan fingerprint density at radius 1 is 0.500 bits per heavy atom. The van der Waals surface area contributed by atoms with Crippen molar-refractivity contribution in [3.8, 4) is 39.4 Å². The fourth-order valence-electron chi connectivity index (χ4n) is 5.76. The van der Waals surface area contributed by atoms with Crippen LogP contribution in [0.4, 0.5) is 0 Å². The van der Waals surface area contributed by atoms with Crippen molar-refractivity contribution in [2.24, 2.45) is 0 Å². The molecule has 0 amide bonds. The van der Waals surface area contributed by atoms with Gasteiger partial charge in [-0.05, 0) is 88.0 Å². The molecule has 186 valence electrons. The molecule has 2 aromatic heterocycles. The Hall–Kier alpha value is -5.17. The largest absolute Gasteiger partial charge is 0.456 e. The number of benzene rings is 6. The van der Waals surface area contributed by atoms with Gasteiger partial charge in [-0.15, -0.1) is 11.3 Å². The van der Waals surface area contributed by atoms with Gasteiger partial charge in [-0.2, -0.15) is 5.26 Å². The zero-order valence-corrected chi connectivity index (χ0v) is 22.2. The summed E-state index contributed by atoms with van der Waals surface area (Å²) < 4.78 is 8.68. The SMILES string of the molecule is N#Cc1cccc(-c2cc(-c3ccc4oc5ccccc5c4c3)cc(-c3cccc4c3sc3ccccc34)c2)c1. The van der Waals surface area contributed by atoms with Gasteiger partial charge >= 0.3 is 0 Å². The highest BCUT2D eigenvalue weighted by molar-refractivity contribution is 7.26. The second kappa shape index (κ2) is 8.95. The molecule has 0 aliphatic carbocycles. The first-order valence-electron chi connectivity index (χ1n) is 13.2. The number of hydrogen-bond donors (Lipinski definition) is 0. The van der Waals surface area contributed by atoms with Crippen LogP contribution in [0.5, 0.6) is 0 Å². The van der Waals surface area contributed by atoms with Crippen molar-refractivity contribution in [3.63, 3.8) is 0 Å². The lowest BCUT2D eigenvalue weighted by atomic mass is 9.92. The molecule has 0 unspecified atom stereocenters. The summed E-state index contributed by atoms with van der Waals surface area (Å²) >= 11 is 1.84. The summed E-state index contributed by atoms with van der Waals surface area (Å²) in [6.07, 6.45) is 0. The van der Waals surface area contributed by atoms with Gasteiger partial charge in [-0.3, -0.25) is 0 Å². The molecule has 0 atom stereocenters. The molecule has 2 nitrogen and oxygen atoms in total. The molecule has 0 radical (unpaired) electrons. The fourth-order valence-corrected chi connectivity index (χ4v) is 7.00. The lowest BCUT2D eigenvalue weighted by Crippen LogP contribution is -1.87.